The van der Waals surface area contributed by atoms with Gasteiger partial charge >= 0.3 is 0 Å². The lowest BCUT2D eigenvalue weighted by molar-refractivity contribution is 0.450. The summed E-state index contributed by atoms with van der Waals surface area (Å²) in [6.07, 6.45) is 3.52. The van der Waals surface area contributed by atoms with Crippen LogP contribution in [0.3, 0.4) is 0 Å². The van der Waals surface area contributed by atoms with Gasteiger partial charge in [0.05, 0.1) is 24.0 Å². The predicted octanol–water partition coefficient (Wildman–Crippen LogP) is 1.49. The topological polar surface area (TPSA) is 65.4 Å². The van der Waals surface area contributed by atoms with Gasteiger partial charge in [0.25, 0.3) is 0 Å². The fraction of sp³-hybridized carbons (Fsp3) is 0.500. The molecule has 0 aliphatic heterocycles. The Balaban J connectivity index is 2.73. The zero-order valence-electron chi connectivity index (χ0n) is 8.31. The Hall–Kier alpha value is -1.81. The summed E-state index contributed by atoms with van der Waals surface area (Å²) in [5, 5.41) is 17.6. The van der Waals surface area contributed by atoms with Gasteiger partial charge in [-0.05, 0) is 13.8 Å². The molecular formula is C10H12N4. The van der Waals surface area contributed by atoms with E-state index < -0.39 is 0 Å². The summed E-state index contributed by atoms with van der Waals surface area (Å²) in [4.78, 5) is 4.06. The summed E-state index contributed by atoms with van der Waals surface area (Å²) in [5.41, 5.74) is 0. The lowest BCUT2D eigenvalue weighted by Crippen LogP contribution is -2.16. The van der Waals surface area contributed by atoms with Gasteiger partial charge in [-0.1, -0.05) is 0 Å². The zero-order chi connectivity index (χ0) is 10.6. The standard InChI is InChI=1S/C10H12N4/c1-8(5-11)10(6-12)7-14-4-3-13-9(14)2/h3-4,8,10H,7H2,1-2H3. The molecule has 0 bridgehead atoms. The highest BCUT2D eigenvalue weighted by molar-refractivity contribution is 4.98. The van der Waals surface area contributed by atoms with Gasteiger partial charge in [0, 0.05) is 18.9 Å². The molecule has 0 amide bonds. The molecule has 1 heterocycles. The first kappa shape index (κ1) is 10.3. The minimum absolute atomic E-state index is 0.248. The van der Waals surface area contributed by atoms with Crippen molar-refractivity contribution in [1.82, 2.24) is 9.55 Å². The Kier molecular flexibility index (Phi) is 3.25. The summed E-state index contributed by atoms with van der Waals surface area (Å²) in [6.45, 7) is 4.18. The van der Waals surface area contributed by atoms with E-state index in [1.54, 1.807) is 13.1 Å². The SMILES string of the molecule is Cc1nccn1CC(C#N)C(C)C#N. The number of imidazole rings is 1. The van der Waals surface area contributed by atoms with E-state index >= 15 is 0 Å². The Bertz CT molecular complexity index is 380. The second kappa shape index (κ2) is 4.43. The van der Waals surface area contributed by atoms with Crippen LogP contribution in [0.5, 0.6) is 0 Å². The van der Waals surface area contributed by atoms with Gasteiger partial charge in [-0.15, -0.1) is 0 Å². The van der Waals surface area contributed by atoms with E-state index in [9.17, 15) is 0 Å². The molecule has 1 aromatic rings. The van der Waals surface area contributed by atoms with Crippen molar-refractivity contribution in [2.75, 3.05) is 0 Å². The fourth-order valence-electron chi connectivity index (χ4n) is 1.21. The third-order valence-corrected chi connectivity index (χ3v) is 2.29. The molecule has 14 heavy (non-hydrogen) atoms. The second-order valence-corrected chi connectivity index (χ2v) is 3.28. The maximum Gasteiger partial charge on any atom is 0.105 e. The molecule has 0 spiro atoms. The summed E-state index contributed by atoms with van der Waals surface area (Å²) in [5.74, 6) is 0.352. The van der Waals surface area contributed by atoms with E-state index in [4.69, 9.17) is 10.5 Å². The molecule has 0 fully saturated rings. The molecule has 0 aliphatic rings. The number of aryl methyl sites for hydroxylation is 1. The highest BCUT2D eigenvalue weighted by Crippen LogP contribution is 2.13. The third kappa shape index (κ3) is 2.11. The van der Waals surface area contributed by atoms with Crippen LogP contribution in [-0.4, -0.2) is 9.55 Å². The van der Waals surface area contributed by atoms with Gasteiger partial charge in [-0.25, -0.2) is 4.98 Å². The fourth-order valence-corrected chi connectivity index (χ4v) is 1.21. The van der Waals surface area contributed by atoms with Crippen LogP contribution in [0.15, 0.2) is 12.4 Å². The molecule has 0 aromatic carbocycles. The third-order valence-electron chi connectivity index (χ3n) is 2.29. The Morgan fingerprint density at radius 3 is 2.64 bits per heavy atom. The summed E-state index contributed by atoms with van der Waals surface area (Å²) >= 11 is 0. The molecule has 2 unspecified atom stereocenters. The van der Waals surface area contributed by atoms with Crippen LogP contribution in [0.2, 0.25) is 0 Å². The Morgan fingerprint density at radius 1 is 1.50 bits per heavy atom. The Morgan fingerprint density at radius 2 is 2.21 bits per heavy atom. The molecule has 0 radical (unpaired) electrons. The lowest BCUT2D eigenvalue weighted by Gasteiger charge is -2.12. The highest BCUT2D eigenvalue weighted by atomic mass is 15.1. The average molecular weight is 188 g/mol. The monoisotopic (exact) mass is 188 g/mol. The number of nitriles is 2. The van der Waals surface area contributed by atoms with Crippen molar-refractivity contribution in [3.8, 4) is 12.1 Å². The van der Waals surface area contributed by atoms with Crippen LogP contribution in [0.4, 0.5) is 0 Å². The van der Waals surface area contributed by atoms with E-state index in [-0.39, 0.29) is 11.8 Å². The van der Waals surface area contributed by atoms with E-state index in [0.717, 1.165) is 5.82 Å². The van der Waals surface area contributed by atoms with E-state index in [0.29, 0.717) is 6.54 Å². The van der Waals surface area contributed by atoms with Gasteiger partial charge < -0.3 is 4.57 Å². The minimum Gasteiger partial charge on any atom is -0.334 e. The molecule has 1 rings (SSSR count). The molecule has 1 aromatic heterocycles. The number of rotatable bonds is 3. The summed E-state index contributed by atoms with van der Waals surface area (Å²) < 4.78 is 1.89. The second-order valence-electron chi connectivity index (χ2n) is 3.28. The predicted molar refractivity (Wildman–Crippen MR) is 50.8 cm³/mol. The van der Waals surface area contributed by atoms with Gasteiger partial charge in [-0.3, -0.25) is 0 Å². The van der Waals surface area contributed by atoms with Crippen molar-refractivity contribution in [1.29, 1.82) is 10.5 Å². The molecule has 4 nitrogen and oxygen atoms in total. The first-order chi connectivity index (χ1) is 6.69. The lowest BCUT2D eigenvalue weighted by atomic mass is 9.97. The van der Waals surface area contributed by atoms with Gasteiger partial charge in [0.2, 0.25) is 0 Å². The van der Waals surface area contributed by atoms with Crippen LogP contribution in [0, 0.1) is 41.4 Å². The maximum absolute atomic E-state index is 8.88. The molecule has 2 atom stereocenters. The van der Waals surface area contributed by atoms with Gasteiger partial charge in [-0.2, -0.15) is 10.5 Å². The van der Waals surface area contributed by atoms with Crippen molar-refractivity contribution in [3.05, 3.63) is 18.2 Å². The average Bonchev–Trinajstić information content (AvgIpc) is 2.59. The number of hydrogen-bond donors (Lipinski definition) is 0. The van der Waals surface area contributed by atoms with Crippen LogP contribution < -0.4 is 0 Å². The molecule has 0 aliphatic carbocycles. The summed E-state index contributed by atoms with van der Waals surface area (Å²) in [6, 6.07) is 4.24. The molecular weight excluding hydrogens is 176 g/mol. The van der Waals surface area contributed by atoms with Crippen molar-refractivity contribution < 1.29 is 0 Å². The quantitative estimate of drug-likeness (QED) is 0.721. The van der Waals surface area contributed by atoms with Gasteiger partial charge in [0.15, 0.2) is 0 Å². The van der Waals surface area contributed by atoms with Crippen LogP contribution in [0.25, 0.3) is 0 Å². The van der Waals surface area contributed by atoms with E-state index in [1.165, 1.54) is 0 Å². The normalized spacial score (nSPS) is 14.0. The van der Waals surface area contributed by atoms with Crippen molar-refractivity contribution in [3.63, 3.8) is 0 Å². The van der Waals surface area contributed by atoms with E-state index in [1.807, 2.05) is 17.7 Å². The van der Waals surface area contributed by atoms with Crippen LogP contribution in [-0.2, 0) is 6.54 Å². The first-order valence-electron chi connectivity index (χ1n) is 4.46. The van der Waals surface area contributed by atoms with Crippen molar-refractivity contribution >= 4 is 0 Å². The van der Waals surface area contributed by atoms with Crippen molar-refractivity contribution in [2.24, 2.45) is 11.8 Å². The number of nitrogens with zero attached hydrogens (tertiary/aromatic N) is 4. The molecule has 72 valence electrons. The number of aromatic nitrogens is 2. The molecule has 0 N–H and O–H groups in total. The molecule has 0 saturated carbocycles. The van der Waals surface area contributed by atoms with Crippen molar-refractivity contribution in [2.45, 2.75) is 20.4 Å². The Labute approximate surface area is 83.4 Å². The van der Waals surface area contributed by atoms with E-state index in [2.05, 4.69) is 17.1 Å². The molecule has 4 heteroatoms. The largest absolute Gasteiger partial charge is 0.334 e. The first-order valence-corrected chi connectivity index (χ1v) is 4.46. The maximum atomic E-state index is 8.88. The zero-order valence-corrected chi connectivity index (χ0v) is 8.31. The number of hydrogen-bond acceptors (Lipinski definition) is 3. The smallest absolute Gasteiger partial charge is 0.105 e. The van der Waals surface area contributed by atoms with Crippen LogP contribution in [0.1, 0.15) is 12.7 Å². The summed E-state index contributed by atoms with van der Waals surface area (Å²) in [7, 11) is 0. The van der Waals surface area contributed by atoms with Crippen LogP contribution >= 0.6 is 0 Å². The van der Waals surface area contributed by atoms with Gasteiger partial charge in [0.1, 0.15) is 5.82 Å². The minimum atomic E-state index is -0.270. The molecule has 0 saturated heterocycles. The highest BCUT2D eigenvalue weighted by Gasteiger charge is 2.17.